The van der Waals surface area contributed by atoms with Gasteiger partial charge in [-0.15, -0.1) is 0 Å². The van der Waals surface area contributed by atoms with E-state index in [0.29, 0.717) is 30.9 Å². The molecule has 2 atom stereocenters. The van der Waals surface area contributed by atoms with Gasteiger partial charge in [0.15, 0.2) is 0 Å². The van der Waals surface area contributed by atoms with E-state index in [2.05, 4.69) is 18.2 Å². The molecule has 1 heterocycles. The molecule has 0 spiro atoms. The number of carbonyl (C=O) groups excluding carboxylic acids is 2. The van der Waals surface area contributed by atoms with E-state index in [1.807, 2.05) is 38.1 Å². The van der Waals surface area contributed by atoms with Crippen LogP contribution in [0.25, 0.3) is 10.8 Å². The maximum atomic E-state index is 13.2. The van der Waals surface area contributed by atoms with Crippen molar-refractivity contribution in [1.82, 2.24) is 0 Å². The number of nitrogens with zero attached hydrogens (tertiary/aromatic N) is 1. The highest BCUT2D eigenvalue weighted by Gasteiger charge is 2.44. The second-order valence-electron chi connectivity index (χ2n) is 8.19. The van der Waals surface area contributed by atoms with Crippen molar-refractivity contribution in [3.63, 3.8) is 0 Å². The van der Waals surface area contributed by atoms with Crippen molar-refractivity contribution in [2.24, 2.45) is 10.9 Å². The zero-order valence-corrected chi connectivity index (χ0v) is 18.2. The third-order valence-corrected chi connectivity index (χ3v) is 6.10. The number of fused-ring (bicyclic) bond motifs is 2. The second-order valence-corrected chi connectivity index (χ2v) is 8.19. The van der Waals surface area contributed by atoms with Gasteiger partial charge in [-0.2, -0.15) is 0 Å². The molecule has 0 saturated heterocycles. The molecule has 4 rings (SSSR count). The maximum Gasteiger partial charge on any atom is 0.336 e. The average molecular weight is 420 g/mol. The van der Waals surface area contributed by atoms with Crippen molar-refractivity contribution in [3.05, 3.63) is 59.3 Å². The molecule has 0 amide bonds. The molecule has 2 aromatic rings. The summed E-state index contributed by atoms with van der Waals surface area (Å²) in [6.07, 6.45) is 3.06. The molecule has 1 aliphatic heterocycles. The monoisotopic (exact) mass is 419 g/mol. The lowest BCUT2D eigenvalue weighted by Gasteiger charge is -2.36. The van der Waals surface area contributed by atoms with E-state index < -0.39 is 11.9 Å². The number of ether oxygens (including phenoxy) is 2. The summed E-state index contributed by atoms with van der Waals surface area (Å²) in [6, 6.07) is 14.2. The Labute approximate surface area is 183 Å². The van der Waals surface area contributed by atoms with E-state index in [9.17, 15) is 9.59 Å². The van der Waals surface area contributed by atoms with Gasteiger partial charge in [-0.25, -0.2) is 4.79 Å². The molecule has 162 valence electrons. The summed E-state index contributed by atoms with van der Waals surface area (Å²) in [5.41, 5.74) is 3.03. The number of benzene rings is 2. The van der Waals surface area contributed by atoms with Crippen LogP contribution in [0.3, 0.4) is 0 Å². The minimum atomic E-state index is -0.406. The van der Waals surface area contributed by atoms with Gasteiger partial charge in [-0.05, 0) is 42.5 Å². The van der Waals surface area contributed by atoms with Crippen LogP contribution in [-0.2, 0) is 19.1 Å². The highest BCUT2D eigenvalue weighted by Crippen LogP contribution is 2.45. The van der Waals surface area contributed by atoms with Crippen LogP contribution in [0.2, 0.25) is 0 Å². The first-order chi connectivity index (χ1) is 15.1. The molecule has 1 fully saturated rings. The molecule has 31 heavy (non-hydrogen) atoms. The highest BCUT2D eigenvalue weighted by atomic mass is 16.6. The van der Waals surface area contributed by atoms with Gasteiger partial charge in [0.1, 0.15) is 12.4 Å². The lowest BCUT2D eigenvalue weighted by molar-refractivity contribution is -0.141. The van der Waals surface area contributed by atoms with E-state index in [-0.39, 0.29) is 18.3 Å². The van der Waals surface area contributed by atoms with Gasteiger partial charge in [-0.3, -0.25) is 9.79 Å². The van der Waals surface area contributed by atoms with E-state index in [4.69, 9.17) is 14.5 Å². The molecule has 5 nitrogen and oxygen atoms in total. The number of ketones is 1. The number of hydrogen-bond donors (Lipinski definition) is 0. The van der Waals surface area contributed by atoms with E-state index in [0.717, 1.165) is 41.3 Å². The molecule has 1 aliphatic carbocycles. The molecule has 0 unspecified atom stereocenters. The van der Waals surface area contributed by atoms with E-state index in [1.54, 1.807) is 0 Å². The predicted octanol–water partition coefficient (Wildman–Crippen LogP) is 4.99. The number of carbonyl (C=O) groups is 2. The first kappa shape index (κ1) is 21.4. The predicted molar refractivity (Wildman–Crippen MR) is 121 cm³/mol. The Morgan fingerprint density at radius 1 is 1.03 bits per heavy atom. The molecular formula is C26H29NO4. The van der Waals surface area contributed by atoms with Crippen LogP contribution >= 0.6 is 0 Å². The molecule has 1 saturated carbocycles. The second kappa shape index (κ2) is 9.56. The Morgan fingerprint density at radius 3 is 2.68 bits per heavy atom. The van der Waals surface area contributed by atoms with Crippen LogP contribution < -0.4 is 0 Å². The van der Waals surface area contributed by atoms with Crippen LogP contribution in [0.15, 0.2) is 58.7 Å². The summed E-state index contributed by atoms with van der Waals surface area (Å²) >= 11 is 0. The summed E-state index contributed by atoms with van der Waals surface area (Å²) in [7, 11) is 0. The standard InChI is InChI=1S/C26H29NO4/c1-3-14-30-15-16-31-26(29)23-17(2)27-21-12-7-13-22(28)25(21)24(23)20-11-6-9-18-8-4-5-10-19(18)20/h4-6,8-11,24-25H,3,7,12-16H2,1-2H3/t24-,25+/m0/s1. The van der Waals surface area contributed by atoms with Crippen LogP contribution in [-0.4, -0.2) is 37.3 Å². The van der Waals surface area contributed by atoms with Crippen LogP contribution in [0.5, 0.6) is 0 Å². The van der Waals surface area contributed by atoms with Crippen LogP contribution in [0.1, 0.15) is 51.0 Å². The summed E-state index contributed by atoms with van der Waals surface area (Å²) in [4.78, 5) is 31.0. The van der Waals surface area contributed by atoms with Gasteiger partial charge >= 0.3 is 5.97 Å². The number of hydrogen-bond acceptors (Lipinski definition) is 5. The third-order valence-electron chi connectivity index (χ3n) is 6.10. The third kappa shape index (κ3) is 4.33. The summed E-state index contributed by atoms with van der Waals surface area (Å²) in [6.45, 7) is 5.08. The number of aliphatic imine (C=N–C) groups is 1. The Bertz CT molecular complexity index is 1050. The Morgan fingerprint density at radius 2 is 1.84 bits per heavy atom. The van der Waals surface area contributed by atoms with Crippen molar-refractivity contribution in [2.45, 2.75) is 45.4 Å². The minimum absolute atomic E-state index is 0.159. The Kier molecular flexibility index (Phi) is 6.62. The average Bonchev–Trinajstić information content (AvgIpc) is 2.77. The van der Waals surface area contributed by atoms with Crippen molar-refractivity contribution in [1.29, 1.82) is 0 Å². The van der Waals surface area contributed by atoms with Crippen molar-refractivity contribution < 1.29 is 19.1 Å². The van der Waals surface area contributed by atoms with Crippen molar-refractivity contribution in [3.8, 4) is 0 Å². The van der Waals surface area contributed by atoms with Crippen LogP contribution in [0, 0.1) is 5.92 Å². The van der Waals surface area contributed by atoms with Crippen molar-refractivity contribution in [2.75, 3.05) is 19.8 Å². The topological polar surface area (TPSA) is 65.0 Å². The maximum absolute atomic E-state index is 13.2. The Hall–Kier alpha value is -2.79. The van der Waals surface area contributed by atoms with Gasteiger partial charge in [0.05, 0.1) is 18.1 Å². The highest BCUT2D eigenvalue weighted by molar-refractivity contribution is 6.12. The largest absolute Gasteiger partial charge is 0.460 e. The van der Waals surface area contributed by atoms with E-state index in [1.165, 1.54) is 0 Å². The van der Waals surface area contributed by atoms with Gasteiger partial charge in [0, 0.05) is 30.4 Å². The molecular weight excluding hydrogens is 390 g/mol. The lowest BCUT2D eigenvalue weighted by Crippen LogP contribution is -2.39. The molecule has 0 bridgehead atoms. The van der Waals surface area contributed by atoms with Gasteiger partial charge in [0.2, 0.25) is 0 Å². The van der Waals surface area contributed by atoms with Gasteiger partial charge in [-0.1, -0.05) is 49.4 Å². The van der Waals surface area contributed by atoms with E-state index >= 15 is 0 Å². The summed E-state index contributed by atoms with van der Waals surface area (Å²) in [5, 5.41) is 2.14. The van der Waals surface area contributed by atoms with Crippen molar-refractivity contribution >= 4 is 28.2 Å². The first-order valence-electron chi connectivity index (χ1n) is 11.1. The number of rotatable bonds is 7. The number of esters is 1. The smallest absolute Gasteiger partial charge is 0.336 e. The number of Topliss-reactive ketones (excluding diaryl/α,β-unsaturated/α-hetero) is 1. The Balaban J connectivity index is 1.75. The fourth-order valence-corrected chi connectivity index (χ4v) is 4.76. The quantitative estimate of drug-likeness (QED) is 0.468. The zero-order valence-electron chi connectivity index (χ0n) is 18.2. The molecule has 0 radical (unpaired) electrons. The molecule has 0 aromatic heterocycles. The summed E-state index contributed by atoms with van der Waals surface area (Å²) < 4.78 is 11.0. The normalized spacial score (nSPS) is 21.1. The molecule has 0 N–H and O–H groups in total. The fourth-order valence-electron chi connectivity index (χ4n) is 4.76. The van der Waals surface area contributed by atoms with Gasteiger partial charge in [0.25, 0.3) is 0 Å². The van der Waals surface area contributed by atoms with Gasteiger partial charge < -0.3 is 9.47 Å². The first-order valence-corrected chi connectivity index (χ1v) is 11.1. The minimum Gasteiger partial charge on any atom is -0.460 e. The SMILES string of the molecule is CCCOCCOC(=O)C1=C(C)N=C2CCCC(=O)[C@@H]2[C@H]1c1cccc2ccccc12. The summed E-state index contributed by atoms with van der Waals surface area (Å²) in [5.74, 6) is -1.03. The molecule has 5 heteroatoms. The van der Waals surface area contributed by atoms with Crippen LogP contribution in [0.4, 0.5) is 0 Å². The molecule has 2 aliphatic rings. The molecule has 2 aromatic carbocycles. The zero-order chi connectivity index (χ0) is 21.8. The number of allylic oxidation sites excluding steroid dienone is 1. The fraction of sp³-hybridized carbons (Fsp3) is 0.423. The lowest BCUT2D eigenvalue weighted by atomic mass is 9.69.